The van der Waals surface area contributed by atoms with Gasteiger partial charge in [-0.3, -0.25) is 4.79 Å². The lowest BCUT2D eigenvalue weighted by molar-refractivity contribution is 0.408. The number of H-pyrrole nitrogens is 1. The molecule has 5 rings (SSSR count). The number of aryl methyl sites for hydroxylation is 2. The number of sulfonamides is 1. The van der Waals surface area contributed by atoms with Crippen LogP contribution in [-0.4, -0.2) is 33.0 Å². The summed E-state index contributed by atoms with van der Waals surface area (Å²) in [6.07, 6.45) is 0.516. The van der Waals surface area contributed by atoms with E-state index >= 15 is 0 Å². The summed E-state index contributed by atoms with van der Waals surface area (Å²) in [4.78, 5) is 16.0. The molecule has 0 saturated carbocycles. The van der Waals surface area contributed by atoms with Crippen LogP contribution in [0.3, 0.4) is 0 Å². The molecule has 0 radical (unpaired) electrons. The van der Waals surface area contributed by atoms with E-state index in [-0.39, 0.29) is 23.5 Å². The lowest BCUT2D eigenvalue weighted by Gasteiger charge is -2.23. The first-order chi connectivity index (χ1) is 16.8. The Hall–Kier alpha value is -3.40. The molecule has 2 aromatic heterocycles. The van der Waals surface area contributed by atoms with Crippen molar-refractivity contribution >= 4 is 43.7 Å². The average molecular weight is 505 g/mol. The summed E-state index contributed by atoms with van der Waals surface area (Å²) in [5, 5.41) is 0.854. The smallest absolute Gasteiger partial charge is 0.252 e. The molecule has 1 N–H and O–H groups in total. The topological polar surface area (TPSA) is 96.0 Å². The average Bonchev–Trinajstić information content (AvgIpc) is 3.32. The van der Waals surface area contributed by atoms with E-state index in [1.54, 1.807) is 24.3 Å². The molecular weight excluding hydrogens is 480 g/mol. The van der Waals surface area contributed by atoms with Gasteiger partial charge in [-0.05, 0) is 66.6 Å². The van der Waals surface area contributed by atoms with Crippen LogP contribution in [0.2, 0.25) is 0 Å². The fourth-order valence-electron chi connectivity index (χ4n) is 4.22. The highest BCUT2D eigenvalue weighted by Crippen LogP contribution is 2.26. The zero-order valence-corrected chi connectivity index (χ0v) is 21.0. The van der Waals surface area contributed by atoms with Crippen molar-refractivity contribution in [2.75, 3.05) is 6.54 Å². The van der Waals surface area contributed by atoms with Crippen molar-refractivity contribution in [1.82, 2.24) is 18.0 Å². The molecule has 0 aliphatic heterocycles. The lowest BCUT2D eigenvalue weighted by Crippen LogP contribution is -2.34. The second-order valence-electron chi connectivity index (χ2n) is 8.62. The van der Waals surface area contributed by atoms with Gasteiger partial charge in [-0.2, -0.15) is 13.1 Å². The molecule has 0 aliphatic carbocycles. The molecule has 0 atom stereocenters. The summed E-state index contributed by atoms with van der Waals surface area (Å²) in [5.41, 5.74) is 4.89. The van der Waals surface area contributed by atoms with Gasteiger partial charge in [-0.15, -0.1) is 0 Å². The molecule has 0 aliphatic rings. The van der Waals surface area contributed by atoms with Crippen LogP contribution in [0.4, 0.5) is 0 Å². The molecule has 0 unspecified atom stereocenters. The van der Waals surface area contributed by atoms with Crippen molar-refractivity contribution < 1.29 is 8.42 Å². The first kappa shape index (κ1) is 23.3. The van der Waals surface area contributed by atoms with Gasteiger partial charge in [0.15, 0.2) is 0 Å². The minimum Gasteiger partial charge on any atom is -0.322 e. The van der Waals surface area contributed by atoms with E-state index in [4.69, 9.17) is 0 Å². The number of fused-ring (bicyclic) bond motifs is 2. The number of nitrogens with zero attached hydrogens (tertiary/aromatic N) is 3. The monoisotopic (exact) mass is 504 g/mol. The fourth-order valence-corrected chi connectivity index (χ4v) is 6.39. The van der Waals surface area contributed by atoms with Gasteiger partial charge in [-0.1, -0.05) is 42.5 Å². The highest BCUT2D eigenvalue weighted by atomic mass is 32.2. The number of aromatic amines is 1. The summed E-state index contributed by atoms with van der Waals surface area (Å²) in [7, 11) is -3.97. The molecule has 0 spiro atoms. The zero-order chi connectivity index (χ0) is 24.6. The number of pyridine rings is 1. The highest BCUT2D eigenvalue weighted by molar-refractivity contribution is 7.89. The summed E-state index contributed by atoms with van der Waals surface area (Å²) < 4.78 is 37.6. The Balaban J connectivity index is 1.57. The van der Waals surface area contributed by atoms with E-state index in [1.807, 2.05) is 56.3 Å². The standard InChI is InChI=1S/C26H24N4O3S2/c1-17-10-11-20-15-21(26(31)27-23(20)14-17)16-30(13-12-19-7-4-3-6-18(19)2)35(32,33)24-9-5-8-22-25(24)29-34-28-22/h3-11,14-15H,12-13,16H2,1-2H3,(H,27,31). The third-order valence-corrected chi connectivity index (χ3v) is 8.60. The van der Waals surface area contributed by atoms with Crippen molar-refractivity contribution in [1.29, 1.82) is 0 Å². The number of hydrogen-bond donors (Lipinski definition) is 1. The summed E-state index contributed by atoms with van der Waals surface area (Å²) in [6.45, 7) is 4.12. The molecular formula is C26H24N4O3S2. The third kappa shape index (κ3) is 4.62. The minimum absolute atomic E-state index is 0.0542. The SMILES string of the molecule is Cc1ccc2cc(CN(CCc3ccccc3C)S(=O)(=O)c3cccc4nsnc34)c(=O)[nH]c2c1. The Morgan fingerprint density at radius 3 is 2.60 bits per heavy atom. The summed E-state index contributed by atoms with van der Waals surface area (Å²) in [5.74, 6) is 0. The van der Waals surface area contributed by atoms with Gasteiger partial charge in [0.05, 0.1) is 11.7 Å². The Morgan fingerprint density at radius 1 is 0.943 bits per heavy atom. The van der Waals surface area contributed by atoms with Gasteiger partial charge in [-0.25, -0.2) is 8.42 Å². The first-order valence-electron chi connectivity index (χ1n) is 11.2. The van der Waals surface area contributed by atoms with E-state index in [1.165, 1.54) is 4.31 Å². The number of nitrogens with one attached hydrogen (secondary N) is 1. The van der Waals surface area contributed by atoms with Gasteiger partial charge in [0, 0.05) is 24.2 Å². The maximum atomic E-state index is 13.9. The largest absolute Gasteiger partial charge is 0.322 e. The first-order valence-corrected chi connectivity index (χ1v) is 13.4. The van der Waals surface area contributed by atoms with Crippen molar-refractivity contribution in [3.63, 3.8) is 0 Å². The van der Waals surface area contributed by atoms with Crippen LogP contribution in [0.25, 0.3) is 21.9 Å². The molecule has 0 fully saturated rings. The Morgan fingerprint density at radius 2 is 1.77 bits per heavy atom. The van der Waals surface area contributed by atoms with Crippen LogP contribution < -0.4 is 5.56 Å². The lowest BCUT2D eigenvalue weighted by atomic mass is 10.1. The van der Waals surface area contributed by atoms with E-state index in [9.17, 15) is 13.2 Å². The minimum atomic E-state index is -3.97. The molecule has 178 valence electrons. The van der Waals surface area contributed by atoms with Crippen molar-refractivity contribution in [3.8, 4) is 0 Å². The third-order valence-electron chi connectivity index (χ3n) is 6.18. The van der Waals surface area contributed by atoms with Gasteiger partial charge in [0.2, 0.25) is 10.0 Å². The van der Waals surface area contributed by atoms with Crippen LogP contribution in [0.15, 0.2) is 76.4 Å². The Labute approximate surface area is 207 Å². The van der Waals surface area contributed by atoms with E-state index in [2.05, 4.69) is 13.7 Å². The predicted octanol–water partition coefficient (Wildman–Crippen LogP) is 4.58. The van der Waals surface area contributed by atoms with Gasteiger partial charge in [0.25, 0.3) is 5.56 Å². The molecule has 0 bridgehead atoms. The zero-order valence-electron chi connectivity index (χ0n) is 19.4. The molecule has 35 heavy (non-hydrogen) atoms. The van der Waals surface area contributed by atoms with Gasteiger partial charge < -0.3 is 4.98 Å². The second kappa shape index (κ2) is 9.33. The molecule has 3 aromatic carbocycles. The predicted molar refractivity (Wildman–Crippen MR) is 139 cm³/mol. The summed E-state index contributed by atoms with van der Waals surface area (Å²) in [6, 6.07) is 20.4. The Kier molecular flexibility index (Phi) is 6.22. The van der Waals surface area contributed by atoms with Crippen molar-refractivity contribution in [2.24, 2.45) is 0 Å². The van der Waals surface area contributed by atoms with Crippen LogP contribution >= 0.6 is 11.7 Å². The Bertz CT molecular complexity index is 1710. The number of benzene rings is 3. The van der Waals surface area contributed by atoms with Crippen LogP contribution in [0.5, 0.6) is 0 Å². The molecule has 2 heterocycles. The highest BCUT2D eigenvalue weighted by Gasteiger charge is 2.28. The number of rotatable bonds is 7. The number of aromatic nitrogens is 3. The maximum absolute atomic E-state index is 13.9. The van der Waals surface area contributed by atoms with E-state index in [0.717, 1.165) is 39.3 Å². The second-order valence-corrected chi connectivity index (χ2v) is 11.1. The van der Waals surface area contributed by atoms with Crippen LogP contribution in [0.1, 0.15) is 22.3 Å². The van der Waals surface area contributed by atoms with Crippen LogP contribution in [-0.2, 0) is 23.0 Å². The molecule has 9 heteroatoms. The molecule has 0 saturated heterocycles. The van der Waals surface area contributed by atoms with Crippen LogP contribution in [0, 0.1) is 13.8 Å². The number of hydrogen-bond acceptors (Lipinski definition) is 6. The fraction of sp³-hybridized carbons (Fsp3) is 0.192. The quantitative estimate of drug-likeness (QED) is 0.350. The summed E-state index contributed by atoms with van der Waals surface area (Å²) >= 11 is 0.978. The molecule has 0 amide bonds. The molecule has 5 aromatic rings. The van der Waals surface area contributed by atoms with Gasteiger partial charge in [0.1, 0.15) is 15.9 Å². The van der Waals surface area contributed by atoms with Crippen molar-refractivity contribution in [2.45, 2.75) is 31.7 Å². The van der Waals surface area contributed by atoms with Crippen molar-refractivity contribution in [3.05, 3.63) is 99.3 Å². The maximum Gasteiger partial charge on any atom is 0.252 e. The molecule has 7 nitrogen and oxygen atoms in total. The van der Waals surface area contributed by atoms with E-state index < -0.39 is 10.0 Å². The normalized spacial score (nSPS) is 12.1. The van der Waals surface area contributed by atoms with Gasteiger partial charge >= 0.3 is 0 Å². The van der Waals surface area contributed by atoms with E-state index in [0.29, 0.717) is 23.0 Å².